The highest BCUT2D eigenvalue weighted by molar-refractivity contribution is 5.80. The number of hydrogen-bond donors (Lipinski definition) is 2. The Morgan fingerprint density at radius 2 is 1.83 bits per heavy atom. The van der Waals surface area contributed by atoms with Crippen LogP contribution in [0.3, 0.4) is 0 Å². The van der Waals surface area contributed by atoms with Gasteiger partial charge in [-0.2, -0.15) is 0 Å². The van der Waals surface area contributed by atoms with Gasteiger partial charge in [-0.1, -0.05) is 19.1 Å². The summed E-state index contributed by atoms with van der Waals surface area (Å²) in [6.45, 7) is 1.74. The third-order valence-corrected chi connectivity index (χ3v) is 3.23. The highest BCUT2D eigenvalue weighted by atomic mass is 19.4. The Balaban J connectivity index is 2.93. The van der Waals surface area contributed by atoms with E-state index in [9.17, 15) is 22.8 Å². The lowest BCUT2D eigenvalue weighted by Gasteiger charge is -2.20. The maximum atomic E-state index is 12.2. The minimum atomic E-state index is -4.79. The maximum Gasteiger partial charge on any atom is 0.573 e. The fourth-order valence-corrected chi connectivity index (χ4v) is 1.83. The van der Waals surface area contributed by atoms with Gasteiger partial charge >= 0.3 is 12.3 Å². The number of amides is 1. The van der Waals surface area contributed by atoms with Gasteiger partial charge in [0.25, 0.3) is 0 Å². The predicted molar refractivity (Wildman–Crippen MR) is 78.9 cm³/mol. The van der Waals surface area contributed by atoms with Gasteiger partial charge in [-0.05, 0) is 17.7 Å². The molecular formula is C15H19F3N2O4. The van der Waals surface area contributed by atoms with Crippen LogP contribution in [0.25, 0.3) is 0 Å². The Labute approximate surface area is 137 Å². The SMILES string of the molecule is COC(=O)CC(NC(=O)C(C)CN)c1ccc(OC(F)(F)F)cc1. The van der Waals surface area contributed by atoms with Crippen LogP contribution in [0, 0.1) is 5.92 Å². The molecule has 0 heterocycles. The van der Waals surface area contributed by atoms with Crippen LogP contribution in [0.4, 0.5) is 13.2 Å². The van der Waals surface area contributed by atoms with Crippen LogP contribution in [-0.2, 0) is 14.3 Å². The molecular weight excluding hydrogens is 329 g/mol. The quantitative estimate of drug-likeness (QED) is 0.735. The molecule has 0 fully saturated rings. The maximum absolute atomic E-state index is 12.2. The Morgan fingerprint density at radius 3 is 2.29 bits per heavy atom. The number of esters is 1. The van der Waals surface area contributed by atoms with Gasteiger partial charge < -0.3 is 20.5 Å². The fraction of sp³-hybridized carbons (Fsp3) is 0.467. The number of nitrogens with two attached hydrogens (primary N) is 1. The average Bonchev–Trinajstić information content (AvgIpc) is 2.52. The van der Waals surface area contributed by atoms with Crippen molar-refractivity contribution in [2.24, 2.45) is 11.7 Å². The lowest BCUT2D eigenvalue weighted by atomic mass is 10.0. The summed E-state index contributed by atoms with van der Waals surface area (Å²) >= 11 is 0. The first kappa shape index (κ1) is 19.8. The molecule has 9 heteroatoms. The zero-order chi connectivity index (χ0) is 18.3. The number of carbonyl (C=O) groups is 2. The van der Waals surface area contributed by atoms with Crippen molar-refractivity contribution in [2.45, 2.75) is 25.7 Å². The Hall–Kier alpha value is -2.29. The van der Waals surface area contributed by atoms with Crippen molar-refractivity contribution >= 4 is 11.9 Å². The summed E-state index contributed by atoms with van der Waals surface area (Å²) in [4.78, 5) is 23.5. The zero-order valence-corrected chi connectivity index (χ0v) is 13.2. The van der Waals surface area contributed by atoms with E-state index in [1.165, 1.54) is 19.2 Å². The molecule has 1 aromatic carbocycles. The number of benzene rings is 1. The summed E-state index contributed by atoms with van der Waals surface area (Å²) in [5.74, 6) is -1.82. The lowest BCUT2D eigenvalue weighted by molar-refractivity contribution is -0.274. The number of nitrogens with one attached hydrogen (secondary N) is 1. The van der Waals surface area contributed by atoms with E-state index < -0.39 is 30.0 Å². The highest BCUT2D eigenvalue weighted by Gasteiger charge is 2.31. The number of carbonyl (C=O) groups excluding carboxylic acids is 2. The Kier molecular flexibility index (Phi) is 7.02. The number of halogens is 3. The zero-order valence-electron chi connectivity index (χ0n) is 13.2. The summed E-state index contributed by atoms with van der Waals surface area (Å²) in [6.07, 6.45) is -4.96. The summed E-state index contributed by atoms with van der Waals surface area (Å²) in [5, 5.41) is 2.63. The van der Waals surface area contributed by atoms with Gasteiger partial charge in [-0.15, -0.1) is 13.2 Å². The molecule has 0 radical (unpaired) electrons. The standard InChI is InChI=1S/C15H19F3N2O4/c1-9(8-19)14(22)20-12(7-13(21)23-2)10-3-5-11(6-4-10)24-15(16,17)18/h3-6,9,12H,7-8,19H2,1-2H3,(H,20,22). The molecule has 0 saturated carbocycles. The van der Waals surface area contributed by atoms with Crippen LogP contribution < -0.4 is 15.8 Å². The molecule has 2 unspecified atom stereocenters. The summed E-state index contributed by atoms with van der Waals surface area (Å²) in [6, 6.07) is 4.13. The molecule has 0 bridgehead atoms. The van der Waals surface area contributed by atoms with Crippen LogP contribution >= 0.6 is 0 Å². The summed E-state index contributed by atoms with van der Waals surface area (Å²) < 4.78 is 44.8. The molecule has 0 saturated heterocycles. The van der Waals surface area contributed by atoms with Crippen molar-refractivity contribution in [3.8, 4) is 5.75 Å². The van der Waals surface area contributed by atoms with Gasteiger partial charge in [0, 0.05) is 12.5 Å². The Bertz CT molecular complexity index is 561. The molecule has 0 aromatic heterocycles. The van der Waals surface area contributed by atoms with Crippen molar-refractivity contribution in [2.75, 3.05) is 13.7 Å². The predicted octanol–water partition coefficient (Wildman–Crippen LogP) is 1.90. The number of ether oxygens (including phenoxy) is 2. The van der Waals surface area contributed by atoms with Crippen LogP contribution in [0.5, 0.6) is 5.75 Å². The topological polar surface area (TPSA) is 90.7 Å². The molecule has 6 nitrogen and oxygen atoms in total. The average molecular weight is 348 g/mol. The van der Waals surface area contributed by atoms with Crippen molar-refractivity contribution < 1.29 is 32.2 Å². The molecule has 0 aliphatic heterocycles. The second-order valence-corrected chi connectivity index (χ2v) is 5.10. The van der Waals surface area contributed by atoms with Gasteiger partial charge in [-0.25, -0.2) is 0 Å². The van der Waals surface area contributed by atoms with Crippen molar-refractivity contribution in [1.82, 2.24) is 5.32 Å². The molecule has 3 N–H and O–H groups in total. The monoisotopic (exact) mass is 348 g/mol. The molecule has 24 heavy (non-hydrogen) atoms. The first-order valence-corrected chi connectivity index (χ1v) is 7.09. The third kappa shape index (κ3) is 6.45. The lowest BCUT2D eigenvalue weighted by Crippen LogP contribution is -2.36. The number of alkyl halides is 3. The molecule has 0 aliphatic carbocycles. The molecule has 2 atom stereocenters. The van der Waals surface area contributed by atoms with Gasteiger partial charge in [0.15, 0.2) is 0 Å². The molecule has 1 amide bonds. The molecule has 0 spiro atoms. The van der Waals surface area contributed by atoms with E-state index in [0.717, 1.165) is 12.1 Å². The minimum absolute atomic E-state index is 0.120. The van der Waals surface area contributed by atoms with E-state index in [4.69, 9.17) is 5.73 Å². The second-order valence-electron chi connectivity index (χ2n) is 5.10. The largest absolute Gasteiger partial charge is 0.573 e. The second kappa shape index (κ2) is 8.53. The first-order chi connectivity index (χ1) is 11.2. The van der Waals surface area contributed by atoms with Crippen LogP contribution in [0.1, 0.15) is 24.9 Å². The summed E-state index contributed by atoms with van der Waals surface area (Å²) in [5.41, 5.74) is 5.86. The number of hydrogen-bond acceptors (Lipinski definition) is 5. The smallest absolute Gasteiger partial charge is 0.469 e. The van der Waals surface area contributed by atoms with E-state index >= 15 is 0 Å². The minimum Gasteiger partial charge on any atom is -0.469 e. The molecule has 134 valence electrons. The molecule has 0 aliphatic rings. The van der Waals surface area contributed by atoms with E-state index in [1.54, 1.807) is 6.92 Å². The molecule has 1 rings (SSSR count). The van der Waals surface area contributed by atoms with Gasteiger partial charge in [0.05, 0.1) is 19.6 Å². The highest BCUT2D eigenvalue weighted by Crippen LogP contribution is 2.25. The third-order valence-electron chi connectivity index (χ3n) is 3.23. The van der Waals surface area contributed by atoms with E-state index in [2.05, 4.69) is 14.8 Å². The Morgan fingerprint density at radius 1 is 1.25 bits per heavy atom. The van der Waals surface area contributed by atoms with Crippen molar-refractivity contribution in [1.29, 1.82) is 0 Å². The summed E-state index contributed by atoms with van der Waals surface area (Å²) in [7, 11) is 1.20. The van der Waals surface area contributed by atoms with Gasteiger partial charge in [0.1, 0.15) is 5.75 Å². The fourth-order valence-electron chi connectivity index (χ4n) is 1.83. The van der Waals surface area contributed by atoms with Gasteiger partial charge in [0.2, 0.25) is 5.91 Å². The normalized spacial score (nSPS) is 13.8. The van der Waals surface area contributed by atoms with E-state index in [-0.39, 0.29) is 18.9 Å². The van der Waals surface area contributed by atoms with E-state index in [0.29, 0.717) is 5.56 Å². The van der Waals surface area contributed by atoms with Crippen molar-refractivity contribution in [3.05, 3.63) is 29.8 Å². The van der Waals surface area contributed by atoms with Crippen LogP contribution in [-0.4, -0.2) is 31.9 Å². The van der Waals surface area contributed by atoms with E-state index in [1.807, 2.05) is 0 Å². The van der Waals surface area contributed by atoms with Crippen LogP contribution in [0.15, 0.2) is 24.3 Å². The first-order valence-electron chi connectivity index (χ1n) is 7.09. The number of rotatable bonds is 7. The van der Waals surface area contributed by atoms with Crippen molar-refractivity contribution in [3.63, 3.8) is 0 Å². The van der Waals surface area contributed by atoms with Gasteiger partial charge in [-0.3, -0.25) is 9.59 Å². The number of methoxy groups -OCH3 is 1. The molecule has 1 aromatic rings. The van der Waals surface area contributed by atoms with Crippen LogP contribution in [0.2, 0.25) is 0 Å².